The van der Waals surface area contributed by atoms with Gasteiger partial charge in [-0.3, -0.25) is 9.59 Å². The summed E-state index contributed by atoms with van der Waals surface area (Å²) in [4.78, 5) is 35.1. The molecule has 5 heteroatoms. The van der Waals surface area contributed by atoms with Crippen LogP contribution in [0.15, 0.2) is 41.6 Å². The Kier molecular flexibility index (Phi) is 2.28. The maximum Gasteiger partial charge on any atom is 0.194 e. The number of carbonyl (C=O) groups excluding carboxylic acids is 2. The summed E-state index contributed by atoms with van der Waals surface area (Å²) >= 11 is 0. The second-order valence-corrected chi connectivity index (χ2v) is 4.28. The summed E-state index contributed by atoms with van der Waals surface area (Å²) in [6, 6.07) is 8.79. The Hall–Kier alpha value is -2.82. The fraction of sp³-hybridized carbons (Fsp3) is 0. The minimum absolute atomic E-state index is 0.118. The lowest BCUT2D eigenvalue weighted by Crippen LogP contribution is -2.20. The van der Waals surface area contributed by atoms with Gasteiger partial charge in [0.15, 0.2) is 11.6 Å². The third-order valence-electron chi connectivity index (χ3n) is 3.13. The summed E-state index contributed by atoms with van der Waals surface area (Å²) in [6.07, 6.45) is 0. The molecule has 0 atom stereocenters. The van der Waals surface area contributed by atoms with Crippen LogP contribution in [-0.4, -0.2) is 11.6 Å². The molecule has 0 spiro atoms. The van der Waals surface area contributed by atoms with Crippen molar-refractivity contribution >= 4 is 22.9 Å². The number of hydrogen-bond acceptors (Lipinski definition) is 5. The molecule has 0 heterocycles. The van der Waals surface area contributed by atoms with E-state index >= 15 is 0 Å². The van der Waals surface area contributed by atoms with Gasteiger partial charge in [0, 0.05) is 27.9 Å². The van der Waals surface area contributed by atoms with Crippen molar-refractivity contribution in [3.8, 4) is 0 Å². The van der Waals surface area contributed by atoms with Gasteiger partial charge in [-0.05, 0) is 41.6 Å². The smallest absolute Gasteiger partial charge is 0.194 e. The maximum absolute atomic E-state index is 12.3. The van der Waals surface area contributed by atoms with E-state index in [4.69, 9.17) is 5.73 Å². The van der Waals surface area contributed by atoms with E-state index in [1.54, 1.807) is 12.1 Å². The summed E-state index contributed by atoms with van der Waals surface area (Å²) in [7, 11) is 0. The number of anilines is 1. The Balaban J connectivity index is 2.29. The minimum atomic E-state index is -0.317. The lowest BCUT2D eigenvalue weighted by Gasteiger charge is -2.17. The molecule has 3 rings (SSSR count). The molecular weight excluding hydrogens is 244 g/mol. The molecule has 0 saturated carbocycles. The molecule has 0 bridgehead atoms. The zero-order valence-corrected chi connectivity index (χ0v) is 9.71. The molecule has 0 aliphatic heterocycles. The number of nitrogen functional groups attached to an aromatic ring is 1. The fourth-order valence-corrected chi connectivity index (χ4v) is 2.21. The number of ketones is 2. The summed E-state index contributed by atoms with van der Waals surface area (Å²) in [5.74, 6) is -0.565. The first kappa shape index (κ1) is 11.3. The number of nitrogens with two attached hydrogens (primary N) is 1. The molecule has 1 aliphatic rings. The van der Waals surface area contributed by atoms with E-state index in [9.17, 15) is 14.5 Å². The van der Waals surface area contributed by atoms with Crippen LogP contribution in [0.2, 0.25) is 0 Å². The molecule has 0 aromatic heterocycles. The van der Waals surface area contributed by atoms with Crippen LogP contribution < -0.4 is 5.73 Å². The topological polar surface area (TPSA) is 89.6 Å². The van der Waals surface area contributed by atoms with E-state index in [1.165, 1.54) is 24.3 Å². The zero-order valence-electron chi connectivity index (χ0n) is 9.71. The molecule has 0 amide bonds. The highest BCUT2D eigenvalue weighted by molar-refractivity contribution is 6.28. The number of carbonyl (C=O) groups is 2. The van der Waals surface area contributed by atoms with E-state index < -0.39 is 0 Å². The quantitative estimate of drug-likeness (QED) is 0.532. The Morgan fingerprint density at radius 2 is 1.37 bits per heavy atom. The third-order valence-corrected chi connectivity index (χ3v) is 3.13. The number of rotatable bonds is 1. The lowest BCUT2D eigenvalue weighted by atomic mass is 9.83. The Morgan fingerprint density at radius 3 is 2.05 bits per heavy atom. The zero-order chi connectivity index (χ0) is 13.6. The van der Waals surface area contributed by atoms with E-state index in [1.807, 2.05) is 0 Å². The second kappa shape index (κ2) is 3.84. The van der Waals surface area contributed by atoms with Crippen molar-refractivity contribution in [3.63, 3.8) is 0 Å². The number of nitroso groups, excluding NO2 is 1. The van der Waals surface area contributed by atoms with Gasteiger partial charge in [-0.2, -0.15) is 0 Å². The molecule has 0 fully saturated rings. The Morgan fingerprint density at radius 1 is 0.789 bits per heavy atom. The predicted molar refractivity (Wildman–Crippen MR) is 69.6 cm³/mol. The molecule has 0 radical (unpaired) electrons. The largest absolute Gasteiger partial charge is 0.399 e. The Bertz CT molecular complexity index is 750. The molecule has 2 aromatic carbocycles. The van der Waals surface area contributed by atoms with E-state index in [0.717, 1.165) is 0 Å². The van der Waals surface area contributed by atoms with Crippen molar-refractivity contribution in [1.82, 2.24) is 0 Å². The number of benzene rings is 2. The van der Waals surface area contributed by atoms with Crippen LogP contribution in [0.3, 0.4) is 0 Å². The van der Waals surface area contributed by atoms with Crippen LogP contribution in [0.4, 0.5) is 11.4 Å². The summed E-state index contributed by atoms with van der Waals surface area (Å²) in [6.45, 7) is 0. The van der Waals surface area contributed by atoms with Crippen molar-refractivity contribution in [2.24, 2.45) is 5.18 Å². The molecule has 19 heavy (non-hydrogen) atoms. The van der Waals surface area contributed by atoms with Crippen molar-refractivity contribution in [2.45, 2.75) is 0 Å². The van der Waals surface area contributed by atoms with Gasteiger partial charge in [0.25, 0.3) is 0 Å². The summed E-state index contributed by atoms with van der Waals surface area (Å²) < 4.78 is 0. The van der Waals surface area contributed by atoms with Gasteiger partial charge >= 0.3 is 0 Å². The predicted octanol–water partition coefficient (Wildman–Crippen LogP) is 2.44. The number of nitrogens with zero attached hydrogens (tertiary/aromatic N) is 1. The highest BCUT2D eigenvalue weighted by Crippen LogP contribution is 2.30. The van der Waals surface area contributed by atoms with Crippen LogP contribution in [0.25, 0.3) is 0 Å². The van der Waals surface area contributed by atoms with Gasteiger partial charge in [0.05, 0.1) is 0 Å². The average molecular weight is 252 g/mol. The molecule has 2 N–H and O–H groups in total. The van der Waals surface area contributed by atoms with Gasteiger partial charge in [-0.25, -0.2) is 0 Å². The molecule has 2 aromatic rings. The maximum atomic E-state index is 12.3. The van der Waals surface area contributed by atoms with Crippen molar-refractivity contribution in [1.29, 1.82) is 0 Å². The monoisotopic (exact) mass is 252 g/mol. The second-order valence-electron chi connectivity index (χ2n) is 4.28. The van der Waals surface area contributed by atoms with Crippen molar-refractivity contribution in [2.75, 3.05) is 5.73 Å². The first-order valence-electron chi connectivity index (χ1n) is 5.58. The van der Waals surface area contributed by atoms with Crippen LogP contribution in [0.1, 0.15) is 31.8 Å². The first-order chi connectivity index (χ1) is 9.11. The first-order valence-corrected chi connectivity index (χ1v) is 5.58. The normalized spacial score (nSPS) is 12.8. The van der Waals surface area contributed by atoms with Gasteiger partial charge in [0.2, 0.25) is 0 Å². The van der Waals surface area contributed by atoms with Crippen LogP contribution in [0.5, 0.6) is 0 Å². The van der Waals surface area contributed by atoms with Gasteiger partial charge in [0.1, 0.15) is 5.69 Å². The lowest BCUT2D eigenvalue weighted by molar-refractivity contribution is 0.0979. The summed E-state index contributed by atoms with van der Waals surface area (Å²) in [5, 5.41) is 2.77. The SMILES string of the molecule is Nc1ccc2c(c1)C(=O)c1cc(N=O)ccc1C2=O. The molecule has 1 aliphatic carbocycles. The molecule has 5 nitrogen and oxygen atoms in total. The van der Waals surface area contributed by atoms with Crippen LogP contribution in [0, 0.1) is 4.91 Å². The molecule has 0 saturated heterocycles. The highest BCUT2D eigenvalue weighted by atomic mass is 16.3. The molecule has 0 unspecified atom stereocenters. The molecule has 92 valence electrons. The molecular formula is C14H8N2O3. The summed E-state index contributed by atoms with van der Waals surface area (Å²) in [5.41, 5.74) is 7.24. The van der Waals surface area contributed by atoms with Gasteiger partial charge in [-0.1, -0.05) is 0 Å². The highest BCUT2D eigenvalue weighted by Gasteiger charge is 2.29. The van der Waals surface area contributed by atoms with E-state index in [2.05, 4.69) is 5.18 Å². The van der Waals surface area contributed by atoms with Crippen LogP contribution in [-0.2, 0) is 0 Å². The van der Waals surface area contributed by atoms with Gasteiger partial charge in [-0.15, -0.1) is 4.91 Å². The third kappa shape index (κ3) is 1.55. The van der Waals surface area contributed by atoms with Crippen LogP contribution >= 0.6 is 0 Å². The Labute approximate surface area is 108 Å². The minimum Gasteiger partial charge on any atom is -0.399 e. The average Bonchev–Trinajstić information content (AvgIpc) is 2.44. The van der Waals surface area contributed by atoms with E-state index in [-0.39, 0.29) is 33.9 Å². The fourth-order valence-electron chi connectivity index (χ4n) is 2.21. The number of hydrogen-bond donors (Lipinski definition) is 1. The standard InChI is InChI=1S/C14H8N2O3/c15-7-1-3-9-11(5-7)14(18)12-6-8(16-19)2-4-10(12)13(9)17/h1-6H,15H2. The van der Waals surface area contributed by atoms with Crippen molar-refractivity contribution < 1.29 is 9.59 Å². The number of fused-ring (bicyclic) bond motifs is 2. The van der Waals surface area contributed by atoms with Crippen molar-refractivity contribution in [3.05, 3.63) is 63.6 Å². The van der Waals surface area contributed by atoms with Gasteiger partial charge < -0.3 is 5.73 Å². The van der Waals surface area contributed by atoms with E-state index in [0.29, 0.717) is 11.3 Å².